The molecule has 2 rings (SSSR count). The van der Waals surface area contributed by atoms with Crippen molar-refractivity contribution in [3.8, 4) is 0 Å². The van der Waals surface area contributed by atoms with Crippen molar-refractivity contribution in [3.63, 3.8) is 0 Å². The second kappa shape index (κ2) is 4.26. The molecule has 1 aliphatic rings. The molecule has 1 aromatic carbocycles. The molecule has 5 nitrogen and oxygen atoms in total. The van der Waals surface area contributed by atoms with Gasteiger partial charge in [-0.3, -0.25) is 0 Å². The van der Waals surface area contributed by atoms with Gasteiger partial charge in [-0.2, -0.15) is 0 Å². The maximum Gasteiger partial charge on any atom is 0.330 e. The van der Waals surface area contributed by atoms with Gasteiger partial charge in [-0.05, 0) is 25.5 Å². The fourth-order valence-electron chi connectivity index (χ4n) is 2.24. The van der Waals surface area contributed by atoms with E-state index < -0.39 is 23.0 Å². The zero-order valence-electron chi connectivity index (χ0n) is 11.3. The average molecular weight is 262 g/mol. The fraction of sp³-hybridized carbons (Fsp3) is 0.429. The molecular formula is C14H18N2O3. The summed E-state index contributed by atoms with van der Waals surface area (Å²) in [4.78, 5) is 23.1. The van der Waals surface area contributed by atoms with Gasteiger partial charge in [-0.1, -0.05) is 31.5 Å². The lowest BCUT2D eigenvalue weighted by molar-refractivity contribution is -0.141. The van der Waals surface area contributed by atoms with Crippen LogP contribution in [-0.4, -0.2) is 22.6 Å². The van der Waals surface area contributed by atoms with Gasteiger partial charge in [0.1, 0.15) is 5.54 Å². The summed E-state index contributed by atoms with van der Waals surface area (Å²) in [6.07, 6.45) is 0.441. The second-order valence-corrected chi connectivity index (χ2v) is 5.72. The Hall–Kier alpha value is -2.04. The summed E-state index contributed by atoms with van der Waals surface area (Å²) in [7, 11) is 0. The van der Waals surface area contributed by atoms with E-state index in [4.69, 9.17) is 0 Å². The molecule has 1 aliphatic carbocycles. The molecule has 1 saturated carbocycles. The number of nitrogens with one attached hydrogen (secondary N) is 2. The second-order valence-electron chi connectivity index (χ2n) is 5.72. The first-order valence-corrected chi connectivity index (χ1v) is 6.16. The molecule has 5 heteroatoms. The Labute approximate surface area is 112 Å². The number of carboxylic acids is 1. The number of aliphatic carboxylic acids is 1. The van der Waals surface area contributed by atoms with Crippen LogP contribution in [0.1, 0.15) is 25.8 Å². The molecule has 0 heterocycles. The summed E-state index contributed by atoms with van der Waals surface area (Å²) >= 11 is 0. The highest BCUT2D eigenvalue weighted by atomic mass is 16.4. The third-order valence-corrected chi connectivity index (χ3v) is 3.74. The maximum absolute atomic E-state index is 11.9. The topological polar surface area (TPSA) is 78.4 Å². The summed E-state index contributed by atoms with van der Waals surface area (Å²) in [6, 6.07) is 6.82. The van der Waals surface area contributed by atoms with Gasteiger partial charge in [0.05, 0.1) is 0 Å². The number of hydrogen-bond donors (Lipinski definition) is 3. The number of carbonyl (C=O) groups excluding carboxylic acids is 1. The highest BCUT2D eigenvalue weighted by molar-refractivity contribution is 5.96. The Morgan fingerprint density at radius 1 is 1.21 bits per heavy atom. The Balaban J connectivity index is 2.02. The van der Waals surface area contributed by atoms with Gasteiger partial charge in [-0.25, -0.2) is 9.59 Å². The van der Waals surface area contributed by atoms with E-state index >= 15 is 0 Å². The SMILES string of the molecule is Cc1ccc(NC(=O)NC2(C(=O)O)CC2(C)C)cc1. The van der Waals surface area contributed by atoms with Crippen molar-refractivity contribution in [3.05, 3.63) is 29.8 Å². The van der Waals surface area contributed by atoms with Crippen LogP contribution in [0.15, 0.2) is 24.3 Å². The van der Waals surface area contributed by atoms with E-state index in [0.29, 0.717) is 12.1 Å². The van der Waals surface area contributed by atoms with Crippen LogP contribution in [0, 0.1) is 12.3 Å². The van der Waals surface area contributed by atoms with Crippen LogP contribution in [0.3, 0.4) is 0 Å². The van der Waals surface area contributed by atoms with Crippen molar-refractivity contribution in [2.45, 2.75) is 32.7 Å². The highest BCUT2D eigenvalue weighted by Gasteiger charge is 2.68. The molecule has 0 aromatic heterocycles. The first-order valence-electron chi connectivity index (χ1n) is 6.16. The van der Waals surface area contributed by atoms with Gasteiger partial charge >= 0.3 is 12.0 Å². The Morgan fingerprint density at radius 2 is 1.74 bits per heavy atom. The molecule has 2 amide bonds. The molecule has 3 N–H and O–H groups in total. The van der Waals surface area contributed by atoms with E-state index in [9.17, 15) is 14.7 Å². The first kappa shape index (κ1) is 13.4. The molecular weight excluding hydrogens is 244 g/mol. The monoisotopic (exact) mass is 262 g/mol. The first-order chi connectivity index (χ1) is 8.77. The maximum atomic E-state index is 11.9. The number of carbonyl (C=O) groups is 2. The van der Waals surface area contributed by atoms with Gasteiger partial charge in [-0.15, -0.1) is 0 Å². The van der Waals surface area contributed by atoms with Crippen LogP contribution in [0.5, 0.6) is 0 Å². The lowest BCUT2D eigenvalue weighted by atomic mass is 10.1. The van der Waals surface area contributed by atoms with E-state index in [1.807, 2.05) is 32.9 Å². The Morgan fingerprint density at radius 3 is 2.16 bits per heavy atom. The van der Waals surface area contributed by atoms with Crippen LogP contribution in [0.25, 0.3) is 0 Å². The van der Waals surface area contributed by atoms with E-state index in [1.165, 1.54) is 0 Å². The van der Waals surface area contributed by atoms with E-state index in [1.54, 1.807) is 12.1 Å². The van der Waals surface area contributed by atoms with Crippen molar-refractivity contribution in [2.75, 3.05) is 5.32 Å². The van der Waals surface area contributed by atoms with Crippen molar-refractivity contribution >= 4 is 17.7 Å². The summed E-state index contributed by atoms with van der Waals surface area (Å²) in [5, 5.41) is 14.5. The summed E-state index contributed by atoms with van der Waals surface area (Å²) in [5.74, 6) is -0.989. The lowest BCUT2D eigenvalue weighted by Crippen LogP contribution is -2.48. The minimum Gasteiger partial charge on any atom is -0.479 e. The average Bonchev–Trinajstić information content (AvgIpc) is 2.85. The molecule has 0 aliphatic heterocycles. The van der Waals surface area contributed by atoms with Gasteiger partial charge in [0.15, 0.2) is 0 Å². The smallest absolute Gasteiger partial charge is 0.330 e. The Bertz CT molecular complexity index is 522. The van der Waals surface area contributed by atoms with Crippen LogP contribution < -0.4 is 10.6 Å². The normalized spacial score (nSPS) is 23.5. The predicted octanol–water partition coefficient (Wildman–Crippen LogP) is 2.37. The van der Waals surface area contributed by atoms with Crippen molar-refractivity contribution in [1.82, 2.24) is 5.32 Å². The zero-order valence-corrected chi connectivity index (χ0v) is 11.3. The van der Waals surface area contributed by atoms with Gasteiger partial charge in [0, 0.05) is 11.1 Å². The van der Waals surface area contributed by atoms with E-state index in [-0.39, 0.29) is 0 Å². The number of carboxylic acid groups (broad SMARTS) is 1. The number of amides is 2. The third-order valence-electron chi connectivity index (χ3n) is 3.74. The van der Waals surface area contributed by atoms with E-state index in [2.05, 4.69) is 10.6 Å². The summed E-state index contributed by atoms with van der Waals surface area (Å²) in [5.41, 5.74) is 0.170. The van der Waals surface area contributed by atoms with Crippen molar-refractivity contribution in [2.24, 2.45) is 5.41 Å². The molecule has 0 radical (unpaired) electrons. The van der Waals surface area contributed by atoms with Crippen molar-refractivity contribution in [1.29, 1.82) is 0 Å². The number of rotatable bonds is 3. The largest absolute Gasteiger partial charge is 0.479 e. The number of urea groups is 1. The molecule has 102 valence electrons. The van der Waals surface area contributed by atoms with Crippen LogP contribution in [0.4, 0.5) is 10.5 Å². The van der Waals surface area contributed by atoms with E-state index in [0.717, 1.165) is 5.56 Å². The summed E-state index contributed by atoms with van der Waals surface area (Å²) in [6.45, 7) is 5.61. The van der Waals surface area contributed by atoms with Gasteiger partial charge in [0.25, 0.3) is 0 Å². The molecule has 1 aromatic rings. The molecule has 0 spiro atoms. The zero-order chi connectivity index (χ0) is 14.3. The molecule has 0 bridgehead atoms. The number of hydrogen-bond acceptors (Lipinski definition) is 2. The highest BCUT2D eigenvalue weighted by Crippen LogP contribution is 2.55. The summed E-state index contributed by atoms with van der Waals surface area (Å²) < 4.78 is 0. The molecule has 1 unspecified atom stereocenters. The van der Waals surface area contributed by atoms with Crippen LogP contribution >= 0.6 is 0 Å². The van der Waals surface area contributed by atoms with Gasteiger partial charge in [0.2, 0.25) is 0 Å². The molecule has 1 fully saturated rings. The number of benzene rings is 1. The standard InChI is InChI=1S/C14H18N2O3/c1-9-4-6-10(7-5-9)15-12(19)16-14(11(17)18)8-13(14,2)3/h4-7H,8H2,1-3H3,(H,17,18)(H2,15,16,19). The third kappa shape index (κ3) is 2.41. The molecule has 0 saturated heterocycles. The van der Waals surface area contributed by atoms with Crippen LogP contribution in [0.2, 0.25) is 0 Å². The van der Waals surface area contributed by atoms with Crippen LogP contribution in [-0.2, 0) is 4.79 Å². The fourth-order valence-corrected chi connectivity index (χ4v) is 2.24. The lowest BCUT2D eigenvalue weighted by Gasteiger charge is -2.18. The minimum atomic E-state index is -1.15. The number of aryl methyl sites for hydroxylation is 1. The quantitative estimate of drug-likeness (QED) is 0.782. The Kier molecular flexibility index (Phi) is 3.00. The molecule has 19 heavy (non-hydrogen) atoms. The predicted molar refractivity (Wildman–Crippen MR) is 72.1 cm³/mol. The van der Waals surface area contributed by atoms with Crippen molar-refractivity contribution < 1.29 is 14.7 Å². The van der Waals surface area contributed by atoms with Gasteiger partial charge < -0.3 is 15.7 Å². The molecule has 1 atom stereocenters. The minimum absolute atomic E-state index is 0.413. The number of anilines is 1.